The topological polar surface area (TPSA) is 82.7 Å². The number of likely N-dealkylation sites (N-methyl/N-ethyl adjacent to an activating group) is 1. The van der Waals surface area contributed by atoms with Gasteiger partial charge in [-0.15, -0.1) is 0 Å². The fourth-order valence-electron chi connectivity index (χ4n) is 2.98. The van der Waals surface area contributed by atoms with E-state index in [1.54, 1.807) is 19.4 Å². The maximum absolute atomic E-state index is 12.6. The van der Waals surface area contributed by atoms with E-state index in [1.165, 1.54) is 0 Å². The van der Waals surface area contributed by atoms with Crippen molar-refractivity contribution in [1.82, 2.24) is 20.3 Å². The second kappa shape index (κ2) is 9.34. The number of hydrogen-bond acceptors (Lipinski definition) is 6. The zero-order chi connectivity index (χ0) is 21.8. The number of halogens is 1. The van der Waals surface area contributed by atoms with Crippen molar-refractivity contribution >= 4 is 34.2 Å². The zero-order valence-electron chi connectivity index (χ0n) is 17.7. The molecule has 30 heavy (non-hydrogen) atoms. The van der Waals surface area contributed by atoms with Crippen LogP contribution in [0.15, 0.2) is 30.5 Å². The first kappa shape index (κ1) is 21.9. The first-order valence-corrected chi connectivity index (χ1v) is 9.79. The highest BCUT2D eigenvalue weighted by Gasteiger charge is 2.18. The summed E-state index contributed by atoms with van der Waals surface area (Å²) in [5, 5.41) is 1.25. The molecule has 0 fully saturated rings. The third kappa shape index (κ3) is 4.67. The van der Waals surface area contributed by atoms with Gasteiger partial charge < -0.3 is 19.5 Å². The maximum atomic E-state index is 12.6. The van der Waals surface area contributed by atoms with Gasteiger partial charge in [-0.2, -0.15) is 4.98 Å². The number of H-pyrrole nitrogens is 1. The normalized spacial score (nSPS) is 11.2. The molecule has 0 aliphatic rings. The molecule has 0 saturated heterocycles. The van der Waals surface area contributed by atoms with E-state index in [4.69, 9.17) is 21.2 Å². The fraction of sp³-hybridized carbons (Fsp3) is 0.333. The number of nitrogens with one attached hydrogen (secondary N) is 2. The summed E-state index contributed by atoms with van der Waals surface area (Å²) in [5.74, 6) is 0.890. The fourth-order valence-corrected chi connectivity index (χ4v) is 3.24. The smallest absolute Gasteiger partial charge is 0.277 e. The minimum absolute atomic E-state index is 0.332. The third-order valence-electron chi connectivity index (χ3n) is 4.61. The Kier molecular flexibility index (Phi) is 6.81. The Morgan fingerprint density at radius 2 is 1.97 bits per heavy atom. The number of fused-ring (bicyclic) bond motifs is 1. The van der Waals surface area contributed by atoms with E-state index in [2.05, 4.69) is 15.4 Å². The van der Waals surface area contributed by atoms with Crippen molar-refractivity contribution in [1.29, 1.82) is 0 Å². The minimum atomic E-state index is -0.332. The SMILES string of the molecule is COc1nc(N(C)C)ccc1-c1cc2c(C(=O)NOCCN(C)C)c[nH]c2cc1Cl. The number of methoxy groups -OCH3 is 1. The molecular formula is C21H26ClN5O3. The van der Waals surface area contributed by atoms with Crippen LogP contribution in [0.2, 0.25) is 5.02 Å². The molecule has 2 heterocycles. The lowest BCUT2D eigenvalue weighted by molar-refractivity contribution is 0.0264. The molecule has 0 atom stereocenters. The van der Waals surface area contributed by atoms with E-state index in [1.807, 2.05) is 56.2 Å². The molecule has 0 spiro atoms. The number of nitrogens with zero attached hydrogens (tertiary/aromatic N) is 3. The molecule has 0 bridgehead atoms. The van der Waals surface area contributed by atoms with Crippen molar-refractivity contribution in [3.05, 3.63) is 41.0 Å². The maximum Gasteiger partial charge on any atom is 0.277 e. The molecule has 9 heteroatoms. The number of hydroxylamine groups is 1. The van der Waals surface area contributed by atoms with Crippen LogP contribution in [0.4, 0.5) is 5.82 Å². The van der Waals surface area contributed by atoms with Gasteiger partial charge in [0, 0.05) is 48.9 Å². The minimum Gasteiger partial charge on any atom is -0.480 e. The molecule has 0 unspecified atom stereocenters. The van der Waals surface area contributed by atoms with Crippen LogP contribution in [0, 0.1) is 0 Å². The summed E-state index contributed by atoms with van der Waals surface area (Å²) in [4.78, 5) is 29.3. The second-order valence-electron chi connectivity index (χ2n) is 7.28. The quantitative estimate of drug-likeness (QED) is 0.421. The van der Waals surface area contributed by atoms with E-state index in [9.17, 15) is 4.79 Å². The summed E-state index contributed by atoms with van der Waals surface area (Å²) in [6.07, 6.45) is 1.64. The number of aromatic nitrogens is 2. The van der Waals surface area contributed by atoms with Crippen LogP contribution >= 0.6 is 11.6 Å². The molecule has 0 saturated carbocycles. The molecular weight excluding hydrogens is 406 g/mol. The number of benzene rings is 1. The lowest BCUT2D eigenvalue weighted by atomic mass is 10.0. The predicted molar refractivity (Wildman–Crippen MR) is 119 cm³/mol. The van der Waals surface area contributed by atoms with Gasteiger partial charge in [0.25, 0.3) is 5.91 Å². The van der Waals surface area contributed by atoms with Crippen LogP contribution < -0.4 is 15.1 Å². The van der Waals surface area contributed by atoms with Gasteiger partial charge in [0.1, 0.15) is 5.82 Å². The number of amides is 1. The lowest BCUT2D eigenvalue weighted by Gasteiger charge is -2.15. The average molecular weight is 432 g/mol. The van der Waals surface area contributed by atoms with Gasteiger partial charge in [0.2, 0.25) is 5.88 Å². The number of ether oxygens (including phenoxy) is 1. The number of carbonyl (C=O) groups excluding carboxylic acids is 1. The van der Waals surface area contributed by atoms with Gasteiger partial charge in [-0.05, 0) is 38.4 Å². The molecule has 2 aromatic heterocycles. The number of anilines is 1. The van der Waals surface area contributed by atoms with Crippen molar-refractivity contribution in [2.75, 3.05) is 53.4 Å². The largest absolute Gasteiger partial charge is 0.480 e. The molecule has 0 aliphatic heterocycles. The van der Waals surface area contributed by atoms with Crippen molar-refractivity contribution < 1.29 is 14.4 Å². The summed E-state index contributed by atoms with van der Waals surface area (Å²) in [6, 6.07) is 7.44. The van der Waals surface area contributed by atoms with Gasteiger partial charge in [-0.3, -0.25) is 9.63 Å². The first-order valence-electron chi connectivity index (χ1n) is 9.42. The molecule has 8 nitrogen and oxygen atoms in total. The van der Waals surface area contributed by atoms with E-state index < -0.39 is 0 Å². The van der Waals surface area contributed by atoms with Crippen LogP contribution in [0.5, 0.6) is 5.88 Å². The third-order valence-corrected chi connectivity index (χ3v) is 4.92. The van der Waals surface area contributed by atoms with Crippen LogP contribution in [0.1, 0.15) is 10.4 Å². The Bertz CT molecular complexity index is 1050. The Labute approximate surface area is 180 Å². The molecule has 3 rings (SSSR count). The molecule has 3 aromatic rings. The summed E-state index contributed by atoms with van der Waals surface area (Å²) >= 11 is 6.55. The number of rotatable bonds is 8. The number of carbonyl (C=O) groups is 1. The van der Waals surface area contributed by atoms with Crippen LogP contribution in [0.25, 0.3) is 22.0 Å². The van der Waals surface area contributed by atoms with E-state index in [-0.39, 0.29) is 5.91 Å². The highest BCUT2D eigenvalue weighted by Crippen LogP contribution is 2.38. The summed E-state index contributed by atoms with van der Waals surface area (Å²) in [5.41, 5.74) is 5.16. The molecule has 1 aromatic carbocycles. The van der Waals surface area contributed by atoms with Gasteiger partial charge >= 0.3 is 0 Å². The van der Waals surface area contributed by atoms with E-state index >= 15 is 0 Å². The Morgan fingerprint density at radius 3 is 2.63 bits per heavy atom. The molecule has 1 amide bonds. The number of pyridine rings is 1. The van der Waals surface area contributed by atoms with Gasteiger partial charge in [0.05, 0.1) is 24.3 Å². The van der Waals surface area contributed by atoms with Crippen molar-refractivity contribution in [3.8, 4) is 17.0 Å². The van der Waals surface area contributed by atoms with Gasteiger partial charge in [0.15, 0.2) is 0 Å². The average Bonchev–Trinajstić information content (AvgIpc) is 3.12. The first-order chi connectivity index (χ1) is 14.3. The highest BCUT2D eigenvalue weighted by atomic mass is 35.5. The predicted octanol–water partition coefficient (Wildman–Crippen LogP) is 3.18. The molecule has 0 aliphatic carbocycles. The van der Waals surface area contributed by atoms with Crippen molar-refractivity contribution in [3.63, 3.8) is 0 Å². The summed E-state index contributed by atoms with van der Waals surface area (Å²) < 4.78 is 5.49. The van der Waals surface area contributed by atoms with Crippen LogP contribution in [-0.4, -0.2) is 69.2 Å². The van der Waals surface area contributed by atoms with Crippen LogP contribution in [0.3, 0.4) is 0 Å². The zero-order valence-corrected chi connectivity index (χ0v) is 18.5. The number of aromatic amines is 1. The molecule has 0 radical (unpaired) electrons. The molecule has 160 valence electrons. The van der Waals surface area contributed by atoms with Crippen molar-refractivity contribution in [2.45, 2.75) is 0 Å². The Hall–Kier alpha value is -2.81. The molecule has 2 N–H and O–H groups in total. The van der Waals surface area contributed by atoms with Gasteiger partial charge in [-0.1, -0.05) is 11.6 Å². The standard InChI is InChI=1S/C21H26ClN5O3/c1-26(2)8-9-30-25-20(28)16-12-23-18-11-17(22)14(10-15(16)18)13-6-7-19(27(3)4)24-21(13)29-5/h6-7,10-12,23H,8-9H2,1-5H3,(H,25,28). The highest BCUT2D eigenvalue weighted by molar-refractivity contribution is 6.34. The van der Waals surface area contributed by atoms with Gasteiger partial charge in [-0.25, -0.2) is 5.48 Å². The van der Waals surface area contributed by atoms with Crippen LogP contribution in [-0.2, 0) is 4.84 Å². The summed E-state index contributed by atoms with van der Waals surface area (Å²) in [7, 11) is 9.25. The van der Waals surface area contributed by atoms with Crippen molar-refractivity contribution in [2.24, 2.45) is 0 Å². The lowest BCUT2D eigenvalue weighted by Crippen LogP contribution is -2.28. The van der Waals surface area contributed by atoms with E-state index in [0.29, 0.717) is 29.6 Å². The number of hydrogen-bond donors (Lipinski definition) is 2. The Balaban J connectivity index is 1.95. The second-order valence-corrected chi connectivity index (χ2v) is 7.69. The van der Waals surface area contributed by atoms with E-state index in [0.717, 1.165) is 27.8 Å². The Morgan fingerprint density at radius 1 is 1.20 bits per heavy atom. The monoisotopic (exact) mass is 431 g/mol. The summed E-state index contributed by atoms with van der Waals surface area (Å²) in [6.45, 7) is 1.09.